The third kappa shape index (κ3) is 1.58. The molecule has 0 saturated carbocycles. The van der Waals surface area contributed by atoms with E-state index < -0.39 is 29.9 Å². The molecule has 2 N–H and O–H groups in total. The van der Waals surface area contributed by atoms with Crippen LogP contribution in [0.5, 0.6) is 0 Å². The van der Waals surface area contributed by atoms with Gasteiger partial charge in [-0.3, -0.25) is 0 Å². The van der Waals surface area contributed by atoms with Crippen molar-refractivity contribution in [3.8, 4) is 0 Å². The van der Waals surface area contributed by atoms with E-state index in [9.17, 15) is 10.2 Å². The Morgan fingerprint density at radius 2 is 2.21 bits per heavy atom. The molecule has 0 aromatic carbocycles. The molecule has 1 fully saturated rings. The molecule has 1 saturated heterocycles. The summed E-state index contributed by atoms with van der Waals surface area (Å²) in [7, 11) is 7.11. The molecule has 5 heteroatoms. The number of rotatable bonds is 3. The molecular weight excluding hydrogens is 183 g/mol. The summed E-state index contributed by atoms with van der Waals surface area (Å²) in [6, 6.07) is -0.690. The first-order chi connectivity index (χ1) is 6.49. The van der Waals surface area contributed by atoms with Gasteiger partial charge in [0.1, 0.15) is 25.7 Å². The average Bonchev–Trinajstić information content (AvgIpc) is 2.38. The van der Waals surface area contributed by atoms with Gasteiger partial charge >= 0.3 is 0 Å². The van der Waals surface area contributed by atoms with E-state index in [1.54, 1.807) is 6.92 Å². The van der Waals surface area contributed by atoms with Crippen LogP contribution in [-0.2, 0) is 9.47 Å². The van der Waals surface area contributed by atoms with Gasteiger partial charge in [-0.2, -0.15) is 0 Å². The second-order valence-corrected chi connectivity index (χ2v) is 3.71. The topological polar surface area (TPSA) is 58.9 Å². The Morgan fingerprint density at radius 1 is 1.64 bits per heavy atom. The van der Waals surface area contributed by atoms with Crippen molar-refractivity contribution in [1.29, 1.82) is 0 Å². The monoisotopic (exact) mass is 200 g/mol. The number of hydrogen-bond donors (Lipinski definition) is 2. The lowest BCUT2D eigenvalue weighted by molar-refractivity contribution is -0.137. The van der Waals surface area contributed by atoms with E-state index in [2.05, 4.69) is 0 Å². The van der Waals surface area contributed by atoms with Gasteiger partial charge in [-0.05, 0) is 13.3 Å². The van der Waals surface area contributed by atoms with Crippen LogP contribution in [0.2, 0.25) is 0 Å². The van der Waals surface area contributed by atoms with Crippen LogP contribution in [0.4, 0.5) is 0 Å². The van der Waals surface area contributed by atoms with Crippen molar-refractivity contribution in [3.63, 3.8) is 0 Å². The molecule has 1 aliphatic rings. The zero-order chi connectivity index (χ0) is 10.9. The third-order valence-corrected chi connectivity index (χ3v) is 3.02. The van der Waals surface area contributed by atoms with Gasteiger partial charge < -0.3 is 19.7 Å². The highest BCUT2D eigenvalue weighted by Crippen LogP contribution is 2.36. The number of aliphatic hydroxyl groups is 2. The smallest absolute Gasteiger partial charge is 0.121 e. The summed E-state index contributed by atoms with van der Waals surface area (Å²) in [6.45, 7) is 3.41. The Morgan fingerprint density at radius 3 is 2.43 bits per heavy atom. The van der Waals surface area contributed by atoms with E-state index in [1.165, 1.54) is 7.11 Å². The molecular formula is C9H17BO4. The fourth-order valence-corrected chi connectivity index (χ4v) is 2.04. The summed E-state index contributed by atoms with van der Waals surface area (Å²) < 4.78 is 10.5. The van der Waals surface area contributed by atoms with Crippen LogP contribution < -0.4 is 0 Å². The Hall–Kier alpha value is -0.0951. The van der Waals surface area contributed by atoms with Gasteiger partial charge in [0.05, 0.1) is 6.10 Å². The predicted octanol–water partition coefficient (Wildman–Crippen LogP) is -0.583. The Kier molecular flexibility index (Phi) is 3.58. The summed E-state index contributed by atoms with van der Waals surface area (Å²) >= 11 is 0. The number of ether oxygens (including phenoxy) is 2. The lowest BCUT2D eigenvalue weighted by Crippen LogP contribution is -2.51. The van der Waals surface area contributed by atoms with E-state index in [0.29, 0.717) is 6.42 Å². The molecule has 1 unspecified atom stereocenters. The first-order valence-corrected chi connectivity index (χ1v) is 4.82. The fourth-order valence-electron chi connectivity index (χ4n) is 2.04. The second-order valence-electron chi connectivity index (χ2n) is 3.71. The molecule has 0 aromatic heterocycles. The van der Waals surface area contributed by atoms with Crippen LogP contribution in [0, 0.1) is 0 Å². The van der Waals surface area contributed by atoms with E-state index in [0.717, 1.165) is 0 Å². The molecule has 2 radical (unpaired) electrons. The zero-order valence-corrected chi connectivity index (χ0v) is 8.80. The lowest BCUT2D eigenvalue weighted by atomic mass is 9.85. The average molecular weight is 200 g/mol. The molecule has 0 amide bonds. The Balaban J connectivity index is 2.91. The van der Waals surface area contributed by atoms with Gasteiger partial charge in [-0.25, -0.2) is 0 Å². The van der Waals surface area contributed by atoms with Crippen LogP contribution >= 0.6 is 0 Å². The van der Waals surface area contributed by atoms with Crippen molar-refractivity contribution in [2.75, 3.05) is 7.11 Å². The van der Waals surface area contributed by atoms with Crippen molar-refractivity contribution < 1.29 is 19.7 Å². The van der Waals surface area contributed by atoms with Gasteiger partial charge in [0.15, 0.2) is 0 Å². The predicted molar refractivity (Wildman–Crippen MR) is 52.1 cm³/mol. The molecule has 1 rings (SSSR count). The van der Waals surface area contributed by atoms with E-state index >= 15 is 0 Å². The van der Waals surface area contributed by atoms with E-state index in [1.807, 2.05) is 6.92 Å². The third-order valence-electron chi connectivity index (χ3n) is 3.02. The number of methoxy groups -OCH3 is 1. The quantitative estimate of drug-likeness (QED) is 0.598. The van der Waals surface area contributed by atoms with Crippen molar-refractivity contribution in [3.05, 3.63) is 0 Å². The van der Waals surface area contributed by atoms with Gasteiger partial charge in [0, 0.05) is 13.1 Å². The molecule has 4 nitrogen and oxygen atoms in total. The summed E-state index contributed by atoms with van der Waals surface area (Å²) in [4.78, 5) is 0. The van der Waals surface area contributed by atoms with E-state index in [-0.39, 0.29) is 0 Å². The van der Waals surface area contributed by atoms with Gasteiger partial charge in [-0.15, -0.1) is 0 Å². The van der Waals surface area contributed by atoms with E-state index in [4.69, 9.17) is 17.3 Å². The van der Waals surface area contributed by atoms with Crippen molar-refractivity contribution >= 4 is 7.85 Å². The minimum atomic E-state index is -1.000. The largest absolute Gasteiger partial charge is 0.390 e. The van der Waals surface area contributed by atoms with Crippen LogP contribution in [0.25, 0.3) is 0 Å². The zero-order valence-electron chi connectivity index (χ0n) is 8.80. The summed E-state index contributed by atoms with van der Waals surface area (Å²) in [6.07, 6.45) is -1.77. The number of aliphatic hydroxyl groups excluding tert-OH is 2. The van der Waals surface area contributed by atoms with Gasteiger partial charge in [-0.1, -0.05) is 6.92 Å². The lowest BCUT2D eigenvalue weighted by Gasteiger charge is -2.34. The highest BCUT2D eigenvalue weighted by Gasteiger charge is 2.54. The first kappa shape index (κ1) is 12.0. The van der Waals surface area contributed by atoms with Crippen molar-refractivity contribution in [1.82, 2.24) is 0 Å². The molecule has 0 spiro atoms. The molecule has 80 valence electrons. The highest BCUT2D eigenvalue weighted by molar-refractivity contribution is 6.11. The molecule has 0 bridgehead atoms. The van der Waals surface area contributed by atoms with Gasteiger partial charge in [0.25, 0.3) is 0 Å². The van der Waals surface area contributed by atoms with Crippen LogP contribution in [0.15, 0.2) is 0 Å². The molecule has 0 aromatic rings. The second kappa shape index (κ2) is 4.19. The van der Waals surface area contributed by atoms with Crippen LogP contribution in [-0.4, -0.2) is 55.1 Å². The normalized spacial score (nSPS) is 45.4. The van der Waals surface area contributed by atoms with Crippen LogP contribution in [0.1, 0.15) is 20.3 Å². The summed E-state index contributed by atoms with van der Waals surface area (Å²) in [5, 5.41) is 19.6. The standard InChI is InChI=1S/C9H17BO4/c1-4-9(5(2)11)7(12)6(13-3)8(10)14-9/h5-8,11-12H,4H2,1-3H3/t5?,6-,7+,8-,9-/m1/s1. The summed E-state index contributed by atoms with van der Waals surface area (Å²) in [5.74, 6) is 0. The van der Waals surface area contributed by atoms with Crippen molar-refractivity contribution in [2.24, 2.45) is 0 Å². The fraction of sp³-hybridized carbons (Fsp3) is 1.00. The number of hydrogen-bond acceptors (Lipinski definition) is 4. The first-order valence-electron chi connectivity index (χ1n) is 4.82. The Bertz CT molecular complexity index is 199. The minimum absolute atomic E-state index is 0.486. The van der Waals surface area contributed by atoms with Gasteiger partial charge in [0.2, 0.25) is 0 Å². The Labute approximate surface area is 85.6 Å². The summed E-state index contributed by atoms with van der Waals surface area (Å²) in [5.41, 5.74) is -1.000. The maximum atomic E-state index is 9.95. The van der Waals surface area contributed by atoms with Crippen LogP contribution in [0.3, 0.4) is 0 Å². The van der Waals surface area contributed by atoms with Crippen molar-refractivity contribution in [2.45, 2.75) is 50.2 Å². The SMILES string of the molecule is [B][C@@H]1O[C@](CC)(C(C)O)[C@@H](O)[C@H]1OC. The maximum Gasteiger partial charge on any atom is 0.121 e. The minimum Gasteiger partial charge on any atom is -0.390 e. The molecule has 0 aliphatic carbocycles. The maximum absolute atomic E-state index is 9.95. The molecule has 1 aliphatic heterocycles. The molecule has 1 heterocycles. The highest BCUT2D eigenvalue weighted by atomic mass is 16.6. The molecule has 14 heavy (non-hydrogen) atoms. The molecule has 5 atom stereocenters.